The Bertz CT molecular complexity index is 1500. The van der Waals surface area contributed by atoms with Crippen molar-refractivity contribution in [3.63, 3.8) is 0 Å². The molecule has 0 radical (unpaired) electrons. The number of methoxy groups -OCH3 is 1. The second-order valence-electron chi connectivity index (χ2n) is 7.28. The zero-order valence-corrected chi connectivity index (χ0v) is 18.3. The van der Waals surface area contributed by atoms with Crippen LogP contribution < -0.4 is 5.32 Å². The number of para-hydroxylation sites is 3. The minimum Gasteiger partial charge on any atom is -0.465 e. The van der Waals surface area contributed by atoms with Crippen molar-refractivity contribution >= 4 is 61.4 Å². The average molecular weight is 446 g/mol. The summed E-state index contributed by atoms with van der Waals surface area (Å²) < 4.78 is 6.77. The first kappa shape index (κ1) is 20.1. The molecule has 0 aliphatic rings. The van der Waals surface area contributed by atoms with E-state index in [1.165, 1.54) is 7.11 Å². The fourth-order valence-electron chi connectivity index (χ4n) is 3.74. The number of esters is 1. The van der Waals surface area contributed by atoms with Crippen LogP contribution in [-0.4, -0.2) is 38.5 Å². The van der Waals surface area contributed by atoms with Gasteiger partial charge < -0.3 is 14.6 Å². The molecule has 3 heterocycles. The summed E-state index contributed by atoms with van der Waals surface area (Å²) in [5.41, 5.74) is 4.71. The summed E-state index contributed by atoms with van der Waals surface area (Å²) in [6.45, 7) is 2.14. The van der Waals surface area contributed by atoms with E-state index in [9.17, 15) is 9.59 Å². The van der Waals surface area contributed by atoms with Crippen LogP contribution in [0.15, 0.2) is 48.5 Å². The van der Waals surface area contributed by atoms with Gasteiger partial charge in [-0.2, -0.15) is 0 Å². The topological polar surface area (TPSA) is 99.0 Å². The number of amides is 1. The molecule has 0 unspecified atom stereocenters. The number of nitrogens with one attached hydrogen (secondary N) is 1. The molecule has 0 saturated heterocycles. The third kappa shape index (κ3) is 3.46. The van der Waals surface area contributed by atoms with Crippen LogP contribution in [0.25, 0.3) is 33.1 Å². The number of nitrogens with zero attached hydrogens (tertiary/aromatic N) is 4. The molecule has 0 aliphatic carbocycles. The maximum atomic E-state index is 12.6. The number of anilines is 1. The Morgan fingerprint density at radius 2 is 1.75 bits per heavy atom. The molecule has 1 N–H and O–H groups in total. The van der Waals surface area contributed by atoms with E-state index in [-0.39, 0.29) is 12.3 Å². The predicted octanol–water partition coefficient (Wildman–Crippen LogP) is 4.32. The molecule has 9 heteroatoms. The molecular formula is C23H19N5O3S. The number of aryl methyl sites for hydroxylation is 2. The van der Waals surface area contributed by atoms with Crippen molar-refractivity contribution in [2.75, 3.05) is 12.4 Å². The number of rotatable bonds is 5. The van der Waals surface area contributed by atoms with Crippen LogP contribution >= 0.6 is 11.3 Å². The number of thiazole rings is 1. The lowest BCUT2D eigenvalue weighted by atomic mass is 10.2. The highest BCUT2D eigenvalue weighted by Gasteiger charge is 2.18. The van der Waals surface area contributed by atoms with Crippen LogP contribution in [0.1, 0.15) is 21.8 Å². The van der Waals surface area contributed by atoms with Gasteiger partial charge in [0.05, 0.1) is 29.4 Å². The molecule has 160 valence electrons. The molecule has 0 atom stereocenters. The van der Waals surface area contributed by atoms with Crippen molar-refractivity contribution in [2.45, 2.75) is 19.9 Å². The second kappa shape index (κ2) is 8.01. The third-order valence-electron chi connectivity index (χ3n) is 5.23. The maximum Gasteiger partial charge on any atom is 0.350 e. The van der Waals surface area contributed by atoms with Crippen LogP contribution in [0.4, 0.5) is 5.13 Å². The smallest absolute Gasteiger partial charge is 0.350 e. The van der Waals surface area contributed by atoms with E-state index in [1.807, 2.05) is 53.1 Å². The fraction of sp³-hybridized carbons (Fsp3) is 0.174. The standard InChI is InChI=1S/C23H19N5O3S/c1-13-20(22(30)31-2)32-23(24-13)27-18(29)11-12-28-17-10-6-3-7-14(17)19-21(28)26-16-9-5-4-8-15(16)25-19/h3-10H,11-12H2,1-2H3,(H,24,27,29). The summed E-state index contributed by atoms with van der Waals surface area (Å²) >= 11 is 1.10. The van der Waals surface area contributed by atoms with E-state index >= 15 is 0 Å². The van der Waals surface area contributed by atoms with Gasteiger partial charge in [0.2, 0.25) is 5.91 Å². The van der Waals surface area contributed by atoms with Crippen LogP contribution in [0.3, 0.4) is 0 Å². The number of hydrogen-bond acceptors (Lipinski definition) is 7. The minimum atomic E-state index is -0.461. The molecule has 0 saturated carbocycles. The first-order valence-corrected chi connectivity index (χ1v) is 10.9. The van der Waals surface area contributed by atoms with Crippen LogP contribution in [0.2, 0.25) is 0 Å². The van der Waals surface area contributed by atoms with Crippen LogP contribution in [0, 0.1) is 6.92 Å². The molecule has 5 aromatic rings. The summed E-state index contributed by atoms with van der Waals surface area (Å²) in [5, 5.41) is 4.16. The molecule has 32 heavy (non-hydrogen) atoms. The number of carbonyl (C=O) groups excluding carboxylic acids is 2. The van der Waals surface area contributed by atoms with Crippen molar-refractivity contribution in [1.29, 1.82) is 0 Å². The number of ether oxygens (including phenoxy) is 1. The van der Waals surface area contributed by atoms with Crippen molar-refractivity contribution in [1.82, 2.24) is 19.5 Å². The molecule has 0 aliphatic heterocycles. The lowest BCUT2D eigenvalue weighted by Gasteiger charge is -2.07. The van der Waals surface area contributed by atoms with E-state index in [0.717, 1.165) is 44.4 Å². The Labute approximate surface area is 186 Å². The maximum absolute atomic E-state index is 12.6. The number of fused-ring (bicyclic) bond motifs is 4. The molecule has 3 aromatic heterocycles. The first-order valence-electron chi connectivity index (χ1n) is 10.0. The average Bonchev–Trinajstić information content (AvgIpc) is 3.32. The number of aromatic nitrogens is 4. The van der Waals surface area contributed by atoms with Gasteiger partial charge in [0.25, 0.3) is 0 Å². The molecule has 0 spiro atoms. The lowest BCUT2D eigenvalue weighted by molar-refractivity contribution is -0.116. The second-order valence-corrected chi connectivity index (χ2v) is 8.28. The number of benzene rings is 2. The minimum absolute atomic E-state index is 0.199. The number of hydrogen-bond donors (Lipinski definition) is 1. The van der Waals surface area contributed by atoms with E-state index < -0.39 is 5.97 Å². The Hall–Kier alpha value is -3.85. The van der Waals surface area contributed by atoms with Gasteiger partial charge in [0, 0.05) is 18.4 Å². The van der Waals surface area contributed by atoms with Gasteiger partial charge >= 0.3 is 5.97 Å². The Balaban J connectivity index is 1.44. The fourth-order valence-corrected chi connectivity index (χ4v) is 4.64. The van der Waals surface area contributed by atoms with Gasteiger partial charge in [-0.1, -0.05) is 41.7 Å². The van der Waals surface area contributed by atoms with Crippen molar-refractivity contribution < 1.29 is 14.3 Å². The van der Waals surface area contributed by atoms with Crippen LogP contribution in [-0.2, 0) is 16.1 Å². The van der Waals surface area contributed by atoms with E-state index in [0.29, 0.717) is 22.2 Å². The summed E-state index contributed by atoms with van der Waals surface area (Å²) in [7, 11) is 1.32. The molecular weight excluding hydrogens is 426 g/mol. The Kier molecular flexibility index (Phi) is 5.02. The molecule has 2 aromatic carbocycles. The SMILES string of the molecule is COC(=O)c1sc(NC(=O)CCn2c3ccccc3c3nc4ccccc4nc32)nc1C. The highest BCUT2D eigenvalue weighted by molar-refractivity contribution is 7.17. The summed E-state index contributed by atoms with van der Waals surface area (Å²) in [6.07, 6.45) is 0.217. The third-order valence-corrected chi connectivity index (χ3v) is 6.29. The monoisotopic (exact) mass is 445 g/mol. The van der Waals surface area contributed by atoms with Crippen molar-refractivity contribution in [2.24, 2.45) is 0 Å². The Morgan fingerprint density at radius 1 is 1.03 bits per heavy atom. The zero-order chi connectivity index (χ0) is 22.2. The van der Waals surface area contributed by atoms with Gasteiger partial charge in [-0.15, -0.1) is 0 Å². The van der Waals surface area contributed by atoms with E-state index in [4.69, 9.17) is 14.7 Å². The van der Waals surface area contributed by atoms with Crippen LogP contribution in [0.5, 0.6) is 0 Å². The molecule has 8 nitrogen and oxygen atoms in total. The largest absolute Gasteiger partial charge is 0.465 e. The van der Waals surface area contributed by atoms with Crippen molar-refractivity contribution in [3.05, 3.63) is 59.1 Å². The lowest BCUT2D eigenvalue weighted by Crippen LogP contribution is -2.14. The van der Waals surface area contributed by atoms with Crippen molar-refractivity contribution in [3.8, 4) is 0 Å². The van der Waals surface area contributed by atoms with E-state index in [2.05, 4.69) is 10.3 Å². The van der Waals surface area contributed by atoms with E-state index in [1.54, 1.807) is 6.92 Å². The number of carbonyl (C=O) groups is 2. The van der Waals surface area contributed by atoms with Gasteiger partial charge in [-0.05, 0) is 25.1 Å². The quantitative estimate of drug-likeness (QED) is 0.405. The summed E-state index contributed by atoms with van der Waals surface area (Å²) in [6, 6.07) is 15.7. The molecule has 5 rings (SSSR count). The molecule has 0 bridgehead atoms. The highest BCUT2D eigenvalue weighted by Crippen LogP contribution is 2.28. The molecule has 0 fully saturated rings. The van der Waals surface area contributed by atoms with Gasteiger partial charge in [-0.3, -0.25) is 4.79 Å². The van der Waals surface area contributed by atoms with Gasteiger partial charge in [0.15, 0.2) is 10.8 Å². The predicted molar refractivity (Wildman–Crippen MR) is 124 cm³/mol. The summed E-state index contributed by atoms with van der Waals surface area (Å²) in [4.78, 5) is 38.7. The summed E-state index contributed by atoms with van der Waals surface area (Å²) in [5.74, 6) is -0.661. The highest BCUT2D eigenvalue weighted by atomic mass is 32.1. The molecule has 1 amide bonds. The Morgan fingerprint density at radius 3 is 2.53 bits per heavy atom. The first-order chi connectivity index (χ1) is 15.5. The zero-order valence-electron chi connectivity index (χ0n) is 17.5. The normalized spacial score (nSPS) is 11.3. The van der Waals surface area contributed by atoms with Gasteiger partial charge in [0.1, 0.15) is 10.4 Å². The van der Waals surface area contributed by atoms with Gasteiger partial charge in [-0.25, -0.2) is 19.7 Å².